The maximum absolute atomic E-state index is 6.92. The van der Waals surface area contributed by atoms with E-state index in [1.54, 1.807) is 0 Å². The minimum atomic E-state index is 1.25. The molecule has 0 aromatic heterocycles. The monoisotopic (exact) mass is 94.1 g/mol. The fraction of sp³-hybridized carbons (Fsp3) is 1.00. The van der Waals surface area contributed by atoms with Crippen LogP contribution in [-0.2, 0) is 0 Å². The average molecular weight is 94.1 g/mol. The molecule has 1 N–H and O–H groups in total. The molecule has 0 rings (SSSR count). The third-order valence-corrected chi connectivity index (χ3v) is 0. The second kappa shape index (κ2) is 26.1. The van der Waals surface area contributed by atoms with Crippen LogP contribution in [0, 0.1) is 0 Å². The first-order chi connectivity index (χ1) is 2.41. The normalized spacial score (nSPS) is 4.80. The molecule has 0 aromatic rings. The van der Waals surface area contributed by atoms with Crippen LogP contribution in [0.5, 0.6) is 0 Å². The summed E-state index contributed by atoms with van der Waals surface area (Å²) in [5.74, 6) is 0. The van der Waals surface area contributed by atoms with Gasteiger partial charge in [-0.25, -0.2) is 0 Å². The van der Waals surface area contributed by atoms with E-state index in [0.717, 1.165) is 0 Å². The van der Waals surface area contributed by atoms with Crippen LogP contribution in [0.4, 0.5) is 0 Å². The zero-order valence-electron chi connectivity index (χ0n) is 3.73. The van der Waals surface area contributed by atoms with Crippen molar-refractivity contribution in [1.82, 2.24) is 0 Å². The Kier molecular flexibility index (Phi) is 47.2. The Bertz CT molecular complexity index is 6.85. The van der Waals surface area contributed by atoms with Gasteiger partial charge in [-0.1, -0.05) is 20.3 Å². The van der Waals surface area contributed by atoms with Crippen molar-refractivity contribution >= 4 is 9.47 Å². The Morgan fingerprint density at radius 2 is 1.40 bits per heavy atom. The molecular weight excluding hydrogens is 83.0 g/mol. The quantitative estimate of drug-likeness (QED) is 0.447. The summed E-state index contributed by atoms with van der Waals surface area (Å²) in [5, 5.41) is 0. The highest BCUT2D eigenvalue weighted by molar-refractivity contribution is 7.08. The van der Waals surface area contributed by atoms with E-state index in [2.05, 4.69) is 13.8 Å². The Hall–Kier alpha value is 0.390. The van der Waals surface area contributed by atoms with Gasteiger partial charge in [-0.3, -0.25) is 0 Å². The Morgan fingerprint density at radius 1 is 1.40 bits per heavy atom. The highest BCUT2D eigenvalue weighted by atomic mass is 31.0. The van der Waals surface area contributed by atoms with Crippen LogP contribution in [0.15, 0.2) is 0 Å². The van der Waals surface area contributed by atoms with Gasteiger partial charge in [-0.15, -0.1) is 0 Å². The molecule has 0 aliphatic heterocycles. The van der Waals surface area contributed by atoms with Crippen molar-refractivity contribution in [1.29, 1.82) is 0 Å². The van der Waals surface area contributed by atoms with E-state index < -0.39 is 0 Å². The van der Waals surface area contributed by atoms with Crippen LogP contribution in [0.2, 0.25) is 0 Å². The van der Waals surface area contributed by atoms with Crippen LogP contribution in [0.1, 0.15) is 20.3 Å². The number of hydrogen-bond donors (Lipinski definition) is 1. The van der Waals surface area contributed by atoms with E-state index in [-0.39, 0.29) is 0 Å². The fourth-order valence-electron chi connectivity index (χ4n) is 0. The fourth-order valence-corrected chi connectivity index (χ4v) is 0. The van der Waals surface area contributed by atoms with E-state index >= 15 is 0 Å². The van der Waals surface area contributed by atoms with Gasteiger partial charge in [0.25, 0.3) is 0 Å². The summed E-state index contributed by atoms with van der Waals surface area (Å²) in [6.07, 6.45) is 1.25. The molecule has 0 spiro atoms. The van der Waals surface area contributed by atoms with Crippen molar-refractivity contribution in [2.45, 2.75) is 20.3 Å². The molecule has 0 saturated carbocycles. The lowest BCUT2D eigenvalue weighted by Crippen LogP contribution is -1.27. The van der Waals surface area contributed by atoms with Crippen molar-refractivity contribution in [3.05, 3.63) is 0 Å². The molecular formula is C3H11OP. The highest BCUT2D eigenvalue weighted by Crippen LogP contribution is 1.56. The minimum Gasteiger partial charge on any atom is -0.380 e. The minimum absolute atomic E-state index is 1.25. The smallest absolute Gasteiger partial charge is 0.00391 e. The predicted molar refractivity (Wildman–Crippen MR) is 27.9 cm³/mol. The topological polar surface area (TPSA) is 20.2 Å². The standard InChI is InChI=1S/C3H8.H3OP/c1-3-2;1-2/h3H2,1-2H3;1H,2H2. The van der Waals surface area contributed by atoms with Gasteiger partial charge in [0.2, 0.25) is 0 Å². The summed E-state index contributed by atoms with van der Waals surface area (Å²) in [4.78, 5) is 6.92. The predicted octanol–water partition coefficient (Wildman–Crippen LogP) is 1.19. The second-order valence-corrected chi connectivity index (χ2v) is 0.707. The first-order valence-electron chi connectivity index (χ1n) is 1.67. The van der Waals surface area contributed by atoms with Crippen molar-refractivity contribution in [3.63, 3.8) is 0 Å². The van der Waals surface area contributed by atoms with Gasteiger partial charge in [0, 0.05) is 0 Å². The maximum Gasteiger partial charge on any atom is -0.00391 e. The van der Waals surface area contributed by atoms with Crippen LogP contribution in [0.25, 0.3) is 0 Å². The number of rotatable bonds is 0. The third kappa shape index (κ3) is 165. The summed E-state index contributed by atoms with van der Waals surface area (Å²) in [5.41, 5.74) is 0. The lowest BCUT2D eigenvalue weighted by Gasteiger charge is -1.48. The van der Waals surface area contributed by atoms with E-state index in [0.29, 0.717) is 0 Å². The van der Waals surface area contributed by atoms with E-state index in [1.165, 1.54) is 15.9 Å². The molecule has 0 aliphatic carbocycles. The molecule has 0 saturated heterocycles. The van der Waals surface area contributed by atoms with Crippen molar-refractivity contribution in [3.8, 4) is 0 Å². The van der Waals surface area contributed by atoms with Crippen molar-refractivity contribution < 1.29 is 4.89 Å². The molecule has 0 fully saturated rings. The summed E-state index contributed by atoms with van der Waals surface area (Å²) in [6.45, 7) is 4.25. The van der Waals surface area contributed by atoms with Gasteiger partial charge in [0.15, 0.2) is 0 Å². The van der Waals surface area contributed by atoms with E-state index in [1.807, 2.05) is 0 Å². The summed E-state index contributed by atoms with van der Waals surface area (Å²) < 4.78 is 0. The van der Waals surface area contributed by atoms with Gasteiger partial charge in [0.05, 0.1) is 0 Å². The van der Waals surface area contributed by atoms with Crippen molar-refractivity contribution in [2.75, 3.05) is 0 Å². The molecule has 0 amide bonds. The molecule has 34 valence electrons. The van der Waals surface area contributed by atoms with Gasteiger partial charge in [-0.05, 0) is 9.47 Å². The van der Waals surface area contributed by atoms with Crippen LogP contribution in [0.3, 0.4) is 0 Å². The average Bonchev–Trinajstić information content (AvgIpc) is 1.46. The molecule has 0 aromatic carbocycles. The van der Waals surface area contributed by atoms with Crippen LogP contribution in [-0.4, -0.2) is 4.89 Å². The lowest BCUT2D eigenvalue weighted by molar-refractivity contribution is 0.664. The van der Waals surface area contributed by atoms with Gasteiger partial charge in [0.1, 0.15) is 0 Å². The Labute approximate surface area is 35.7 Å². The Morgan fingerprint density at radius 3 is 1.40 bits per heavy atom. The molecule has 0 radical (unpaired) electrons. The van der Waals surface area contributed by atoms with Crippen molar-refractivity contribution in [2.24, 2.45) is 0 Å². The zero-order chi connectivity index (χ0) is 4.71. The second-order valence-electron chi connectivity index (χ2n) is 0.707. The van der Waals surface area contributed by atoms with E-state index in [9.17, 15) is 0 Å². The molecule has 0 heterocycles. The maximum atomic E-state index is 6.92. The lowest BCUT2D eigenvalue weighted by atomic mass is 10.6. The number of hydrogen-bond acceptors (Lipinski definition) is 1. The van der Waals surface area contributed by atoms with Crippen LogP contribution < -0.4 is 0 Å². The first-order valence-corrected chi connectivity index (χ1v) is 2.19. The molecule has 2 heteroatoms. The highest BCUT2D eigenvalue weighted by Gasteiger charge is 1.35. The largest absolute Gasteiger partial charge is 0.380 e. The molecule has 1 atom stereocenters. The first kappa shape index (κ1) is 9.04. The molecule has 0 bridgehead atoms. The summed E-state index contributed by atoms with van der Waals surface area (Å²) in [7, 11) is 1.42. The van der Waals surface area contributed by atoms with Crippen LogP contribution >= 0.6 is 9.47 Å². The SMILES string of the molecule is CCC.OP. The van der Waals surface area contributed by atoms with Gasteiger partial charge < -0.3 is 4.89 Å². The third-order valence-electron chi connectivity index (χ3n) is 0. The molecule has 1 unspecified atom stereocenters. The molecule has 5 heavy (non-hydrogen) atoms. The van der Waals surface area contributed by atoms with Gasteiger partial charge in [-0.2, -0.15) is 0 Å². The summed E-state index contributed by atoms with van der Waals surface area (Å²) in [6, 6.07) is 0. The summed E-state index contributed by atoms with van der Waals surface area (Å²) >= 11 is 0. The van der Waals surface area contributed by atoms with E-state index in [4.69, 9.17) is 4.89 Å². The molecule has 0 aliphatic rings. The Balaban J connectivity index is 0. The van der Waals surface area contributed by atoms with Gasteiger partial charge >= 0.3 is 0 Å². The molecule has 1 nitrogen and oxygen atoms in total. The zero-order valence-corrected chi connectivity index (χ0v) is 4.89.